The zero-order valence-electron chi connectivity index (χ0n) is 7.95. The summed E-state index contributed by atoms with van der Waals surface area (Å²) in [7, 11) is 0. The summed E-state index contributed by atoms with van der Waals surface area (Å²) in [6.07, 6.45) is 2.96. The molecule has 1 rings (SSSR count). The molecule has 1 fully saturated rings. The molecule has 1 aliphatic rings. The summed E-state index contributed by atoms with van der Waals surface area (Å²) in [6, 6.07) is 0. The highest BCUT2D eigenvalue weighted by molar-refractivity contribution is 6.39. The van der Waals surface area contributed by atoms with Crippen molar-refractivity contribution in [3.8, 4) is 0 Å². The second-order valence-electron chi connectivity index (χ2n) is 3.63. The standard InChI is InChI=1S/C10H16O3/c1-2-8(11)10(13)9(12)7-5-3-4-6-7/h7-8,11H,2-6H2,1H3. The van der Waals surface area contributed by atoms with Gasteiger partial charge in [0.15, 0.2) is 0 Å². The van der Waals surface area contributed by atoms with Crippen LogP contribution in [-0.4, -0.2) is 22.8 Å². The van der Waals surface area contributed by atoms with E-state index in [2.05, 4.69) is 0 Å². The molecule has 74 valence electrons. The molecule has 0 saturated heterocycles. The molecule has 3 nitrogen and oxygen atoms in total. The lowest BCUT2D eigenvalue weighted by atomic mass is 9.96. The Labute approximate surface area is 78.1 Å². The van der Waals surface area contributed by atoms with Gasteiger partial charge in [0.1, 0.15) is 6.10 Å². The molecule has 0 amide bonds. The molecule has 0 bridgehead atoms. The second kappa shape index (κ2) is 4.51. The maximum Gasteiger partial charge on any atom is 0.226 e. The van der Waals surface area contributed by atoms with Crippen LogP contribution in [0, 0.1) is 5.92 Å². The maximum absolute atomic E-state index is 11.4. The van der Waals surface area contributed by atoms with E-state index in [1.54, 1.807) is 6.92 Å². The molecule has 1 N–H and O–H groups in total. The van der Waals surface area contributed by atoms with Crippen LogP contribution < -0.4 is 0 Å². The minimum Gasteiger partial charge on any atom is -0.385 e. The van der Waals surface area contributed by atoms with E-state index in [1.165, 1.54) is 0 Å². The van der Waals surface area contributed by atoms with Crippen molar-refractivity contribution in [3.05, 3.63) is 0 Å². The molecule has 0 spiro atoms. The molecule has 0 aromatic heterocycles. The lowest BCUT2D eigenvalue weighted by Crippen LogP contribution is -2.31. The smallest absolute Gasteiger partial charge is 0.226 e. The first-order chi connectivity index (χ1) is 6.16. The Hall–Kier alpha value is -0.700. The van der Waals surface area contributed by atoms with Crippen molar-refractivity contribution in [2.24, 2.45) is 5.92 Å². The average molecular weight is 184 g/mol. The van der Waals surface area contributed by atoms with Crippen LogP contribution in [0.25, 0.3) is 0 Å². The molecule has 1 aliphatic carbocycles. The number of hydrogen-bond acceptors (Lipinski definition) is 3. The van der Waals surface area contributed by atoms with Gasteiger partial charge in [-0.25, -0.2) is 0 Å². The van der Waals surface area contributed by atoms with Gasteiger partial charge in [-0.1, -0.05) is 19.8 Å². The van der Waals surface area contributed by atoms with E-state index in [9.17, 15) is 14.7 Å². The first-order valence-corrected chi connectivity index (χ1v) is 4.93. The molecule has 1 saturated carbocycles. The lowest BCUT2D eigenvalue weighted by Gasteiger charge is -2.09. The summed E-state index contributed by atoms with van der Waals surface area (Å²) in [5.41, 5.74) is 0. The predicted octanol–water partition coefficient (Wildman–Crippen LogP) is 1.09. The van der Waals surface area contributed by atoms with Gasteiger partial charge in [-0.05, 0) is 19.3 Å². The van der Waals surface area contributed by atoms with Crippen molar-refractivity contribution in [1.29, 1.82) is 0 Å². The highest BCUT2D eigenvalue weighted by Gasteiger charge is 2.30. The van der Waals surface area contributed by atoms with Gasteiger partial charge in [-0.3, -0.25) is 9.59 Å². The third-order valence-corrected chi connectivity index (χ3v) is 2.66. The van der Waals surface area contributed by atoms with Crippen molar-refractivity contribution in [1.82, 2.24) is 0 Å². The quantitative estimate of drug-likeness (QED) is 0.665. The normalized spacial score (nSPS) is 20.2. The Kier molecular flexibility index (Phi) is 3.60. The van der Waals surface area contributed by atoms with Gasteiger partial charge >= 0.3 is 0 Å². The summed E-state index contributed by atoms with van der Waals surface area (Å²) in [4.78, 5) is 22.7. The Morgan fingerprint density at radius 3 is 2.38 bits per heavy atom. The zero-order chi connectivity index (χ0) is 9.84. The Bertz CT molecular complexity index is 204. The fraction of sp³-hybridized carbons (Fsp3) is 0.800. The van der Waals surface area contributed by atoms with Gasteiger partial charge in [0.2, 0.25) is 11.6 Å². The highest BCUT2D eigenvalue weighted by atomic mass is 16.3. The van der Waals surface area contributed by atoms with Gasteiger partial charge in [0, 0.05) is 5.92 Å². The van der Waals surface area contributed by atoms with E-state index in [0.717, 1.165) is 25.7 Å². The molecule has 13 heavy (non-hydrogen) atoms. The maximum atomic E-state index is 11.4. The van der Waals surface area contributed by atoms with Crippen LogP contribution in [0.15, 0.2) is 0 Å². The van der Waals surface area contributed by atoms with Crippen molar-refractivity contribution in [2.45, 2.75) is 45.1 Å². The monoisotopic (exact) mass is 184 g/mol. The average Bonchev–Trinajstić information content (AvgIpc) is 2.67. The Morgan fingerprint density at radius 1 is 1.38 bits per heavy atom. The Balaban J connectivity index is 2.51. The zero-order valence-corrected chi connectivity index (χ0v) is 7.95. The van der Waals surface area contributed by atoms with Gasteiger partial charge in [0.05, 0.1) is 0 Å². The molecule has 1 atom stereocenters. The van der Waals surface area contributed by atoms with Gasteiger partial charge in [-0.2, -0.15) is 0 Å². The molecule has 0 aromatic rings. The van der Waals surface area contributed by atoms with E-state index in [4.69, 9.17) is 0 Å². The molecule has 1 unspecified atom stereocenters. The van der Waals surface area contributed by atoms with E-state index in [-0.39, 0.29) is 11.7 Å². The van der Waals surface area contributed by atoms with Crippen LogP contribution >= 0.6 is 0 Å². The molecule has 0 radical (unpaired) electrons. The third kappa shape index (κ3) is 2.37. The number of rotatable bonds is 4. The van der Waals surface area contributed by atoms with Crippen LogP contribution in [-0.2, 0) is 9.59 Å². The molecule has 0 heterocycles. The van der Waals surface area contributed by atoms with Crippen LogP contribution in [0.4, 0.5) is 0 Å². The minimum absolute atomic E-state index is 0.103. The molecular weight excluding hydrogens is 168 g/mol. The van der Waals surface area contributed by atoms with E-state index in [1.807, 2.05) is 0 Å². The number of carbonyl (C=O) groups excluding carboxylic acids is 2. The second-order valence-corrected chi connectivity index (χ2v) is 3.63. The SMILES string of the molecule is CCC(O)C(=O)C(=O)C1CCCC1. The highest BCUT2D eigenvalue weighted by Crippen LogP contribution is 2.26. The van der Waals surface area contributed by atoms with E-state index < -0.39 is 11.9 Å². The molecule has 0 aliphatic heterocycles. The number of hydrogen-bond donors (Lipinski definition) is 1. The number of ketones is 2. The fourth-order valence-corrected chi connectivity index (χ4v) is 1.74. The minimum atomic E-state index is -1.08. The first kappa shape index (κ1) is 10.4. The summed E-state index contributed by atoms with van der Waals surface area (Å²) in [5, 5.41) is 9.19. The topological polar surface area (TPSA) is 54.4 Å². The van der Waals surface area contributed by atoms with Crippen molar-refractivity contribution >= 4 is 11.6 Å². The third-order valence-electron chi connectivity index (χ3n) is 2.66. The van der Waals surface area contributed by atoms with Crippen LogP contribution in [0.2, 0.25) is 0 Å². The summed E-state index contributed by atoms with van der Waals surface area (Å²) in [6.45, 7) is 1.70. The summed E-state index contributed by atoms with van der Waals surface area (Å²) >= 11 is 0. The van der Waals surface area contributed by atoms with Crippen LogP contribution in [0.5, 0.6) is 0 Å². The predicted molar refractivity (Wildman–Crippen MR) is 48.3 cm³/mol. The molecular formula is C10H16O3. The first-order valence-electron chi connectivity index (χ1n) is 4.93. The van der Waals surface area contributed by atoms with Gasteiger partial charge < -0.3 is 5.11 Å². The van der Waals surface area contributed by atoms with E-state index in [0.29, 0.717) is 6.42 Å². The van der Waals surface area contributed by atoms with E-state index >= 15 is 0 Å². The van der Waals surface area contributed by atoms with Gasteiger partial charge in [0.25, 0.3) is 0 Å². The van der Waals surface area contributed by atoms with Crippen molar-refractivity contribution in [3.63, 3.8) is 0 Å². The van der Waals surface area contributed by atoms with Crippen molar-refractivity contribution in [2.75, 3.05) is 0 Å². The Morgan fingerprint density at radius 2 is 1.92 bits per heavy atom. The fourth-order valence-electron chi connectivity index (χ4n) is 1.74. The van der Waals surface area contributed by atoms with Gasteiger partial charge in [-0.15, -0.1) is 0 Å². The number of aliphatic hydroxyl groups is 1. The van der Waals surface area contributed by atoms with Crippen LogP contribution in [0.3, 0.4) is 0 Å². The lowest BCUT2D eigenvalue weighted by molar-refractivity contribution is -0.143. The molecule has 3 heteroatoms. The molecule has 0 aromatic carbocycles. The number of aliphatic hydroxyl groups excluding tert-OH is 1. The number of carbonyl (C=O) groups is 2. The summed E-state index contributed by atoms with van der Waals surface area (Å²) in [5.74, 6) is -1.05. The summed E-state index contributed by atoms with van der Waals surface area (Å²) < 4.78 is 0. The largest absolute Gasteiger partial charge is 0.385 e. The van der Waals surface area contributed by atoms with Crippen molar-refractivity contribution < 1.29 is 14.7 Å². The number of Topliss-reactive ketones (excluding diaryl/α,β-unsaturated/α-hetero) is 2. The van der Waals surface area contributed by atoms with Crippen LogP contribution in [0.1, 0.15) is 39.0 Å².